The Hall–Kier alpha value is -4.84. The van der Waals surface area contributed by atoms with E-state index >= 15 is 0 Å². The Kier molecular flexibility index (Phi) is 13.0. The number of nitro benzene ring substituents is 1. The van der Waals surface area contributed by atoms with Gasteiger partial charge in [-0.15, -0.1) is 0 Å². The van der Waals surface area contributed by atoms with Crippen LogP contribution < -0.4 is 5.32 Å². The van der Waals surface area contributed by atoms with Gasteiger partial charge in [0.05, 0.1) is 16.1 Å². The number of nitrogens with one attached hydrogen (secondary N) is 1. The minimum Gasteiger partial charge on any atom is -0.361 e. The van der Waals surface area contributed by atoms with Gasteiger partial charge in [-0.25, -0.2) is 10.1 Å². The van der Waals surface area contributed by atoms with Crippen LogP contribution in [0.3, 0.4) is 0 Å². The Labute approximate surface area is 306 Å². The highest BCUT2D eigenvalue weighted by Crippen LogP contribution is 2.43. The van der Waals surface area contributed by atoms with E-state index in [0.29, 0.717) is 60.7 Å². The number of likely N-dealkylation sites (N-methyl/N-ethyl adjacent to an activating group) is 1. The van der Waals surface area contributed by atoms with Crippen molar-refractivity contribution in [2.45, 2.75) is 77.0 Å². The van der Waals surface area contributed by atoms with Crippen molar-refractivity contribution >= 4 is 17.5 Å². The van der Waals surface area contributed by atoms with Crippen LogP contribution in [0.5, 0.6) is 0 Å². The molecule has 1 fully saturated rings. The number of amides is 2. The molecular weight excluding hydrogens is 658 g/mol. The van der Waals surface area contributed by atoms with Gasteiger partial charge in [0.25, 0.3) is 17.5 Å². The first kappa shape index (κ1) is 38.4. The monoisotopic (exact) mass is 709 g/mol. The predicted octanol–water partition coefficient (Wildman–Crippen LogP) is 7.32. The van der Waals surface area contributed by atoms with Gasteiger partial charge in [-0.1, -0.05) is 99.5 Å². The fourth-order valence-electron chi connectivity index (χ4n) is 7.71. The molecule has 3 aromatic carbocycles. The third-order valence-corrected chi connectivity index (χ3v) is 10.4. The van der Waals surface area contributed by atoms with Crippen molar-refractivity contribution in [2.75, 3.05) is 32.7 Å². The number of nitro groups is 1. The number of hydroxylamine groups is 4. The standard InChI is InChI=1S/C41H51N5O6/c1-4-14-34-37(39(47)44(49)6-3)36(30-20-22-33(23-21-30)46(51)52)38(35(42-34)15-5-2)40(48)45(50)27-13-26-43-28-24-41(25-29-43,31-16-9-7-10-17-31)32-18-11-8-12-19-32/h7-12,16-23,36,42,49-50H,4-6,13-15,24-29H2,1-3H3. The molecule has 11 nitrogen and oxygen atoms in total. The molecule has 1 atom stereocenters. The van der Waals surface area contributed by atoms with Gasteiger partial charge in [-0.3, -0.25) is 30.1 Å². The number of hydrogen-bond acceptors (Lipinski definition) is 8. The van der Waals surface area contributed by atoms with Crippen LogP contribution in [0.1, 0.15) is 88.3 Å². The zero-order valence-electron chi connectivity index (χ0n) is 30.5. The molecule has 1 unspecified atom stereocenters. The number of carbonyl (C=O) groups is 2. The summed E-state index contributed by atoms with van der Waals surface area (Å²) in [4.78, 5) is 41.5. The SMILES string of the molecule is CCCC1=C(C(=O)N(O)CC)C(c2ccc([N+](=O)[O-])cc2)C(C(=O)N(O)CCCN2CCC(c3ccccc3)(c3ccccc3)CC2)=C(CCC)N1. The van der Waals surface area contributed by atoms with Crippen LogP contribution in [0.2, 0.25) is 0 Å². The molecule has 5 rings (SSSR count). The van der Waals surface area contributed by atoms with E-state index in [-0.39, 0.29) is 35.3 Å². The smallest absolute Gasteiger partial charge is 0.275 e. The van der Waals surface area contributed by atoms with Crippen LogP contribution >= 0.6 is 0 Å². The van der Waals surface area contributed by atoms with Gasteiger partial charge in [-0.2, -0.15) is 0 Å². The third-order valence-electron chi connectivity index (χ3n) is 10.4. The number of non-ortho nitro benzene ring substituents is 1. The topological polar surface area (TPSA) is 139 Å². The summed E-state index contributed by atoms with van der Waals surface area (Å²) < 4.78 is 0. The second kappa shape index (κ2) is 17.6. The number of dihydropyridines is 1. The van der Waals surface area contributed by atoms with Gasteiger partial charge < -0.3 is 10.2 Å². The first-order valence-corrected chi connectivity index (χ1v) is 18.5. The van der Waals surface area contributed by atoms with Crippen molar-refractivity contribution in [3.05, 3.63) is 134 Å². The summed E-state index contributed by atoms with van der Waals surface area (Å²) in [5, 5.41) is 38.1. The van der Waals surface area contributed by atoms with Crippen molar-refractivity contribution in [2.24, 2.45) is 0 Å². The molecule has 0 spiro atoms. The Balaban J connectivity index is 1.37. The van der Waals surface area contributed by atoms with E-state index in [1.54, 1.807) is 19.1 Å². The quantitative estimate of drug-likeness (QED) is 0.0848. The molecule has 11 heteroatoms. The average Bonchev–Trinajstić information content (AvgIpc) is 3.18. The van der Waals surface area contributed by atoms with Crippen LogP contribution in [0.15, 0.2) is 107 Å². The molecule has 3 N–H and O–H groups in total. The Morgan fingerprint density at radius 2 is 1.31 bits per heavy atom. The maximum absolute atomic E-state index is 14.3. The van der Waals surface area contributed by atoms with E-state index in [0.717, 1.165) is 31.0 Å². The highest BCUT2D eigenvalue weighted by Gasteiger charge is 2.41. The highest BCUT2D eigenvalue weighted by atomic mass is 16.6. The molecule has 2 amide bonds. The lowest BCUT2D eigenvalue weighted by Crippen LogP contribution is -2.44. The molecule has 2 heterocycles. The zero-order chi connectivity index (χ0) is 37.3. The van der Waals surface area contributed by atoms with Gasteiger partial charge >= 0.3 is 0 Å². The predicted molar refractivity (Wildman–Crippen MR) is 199 cm³/mol. The number of rotatable bonds is 15. The molecule has 52 heavy (non-hydrogen) atoms. The van der Waals surface area contributed by atoms with Gasteiger partial charge in [0, 0.05) is 47.9 Å². The van der Waals surface area contributed by atoms with Crippen molar-refractivity contribution in [1.82, 2.24) is 20.3 Å². The fraction of sp³-hybridized carbons (Fsp3) is 0.415. The van der Waals surface area contributed by atoms with E-state index in [4.69, 9.17) is 0 Å². The minimum absolute atomic E-state index is 0.0178. The van der Waals surface area contributed by atoms with E-state index in [9.17, 15) is 30.1 Å². The van der Waals surface area contributed by atoms with Gasteiger partial charge in [0.1, 0.15) is 0 Å². The number of nitrogens with zero attached hydrogens (tertiary/aromatic N) is 4. The summed E-state index contributed by atoms with van der Waals surface area (Å²) in [6, 6.07) is 27.1. The van der Waals surface area contributed by atoms with E-state index in [2.05, 4.69) is 58.7 Å². The first-order chi connectivity index (χ1) is 25.1. The molecule has 3 aromatic rings. The van der Waals surface area contributed by atoms with Crippen molar-refractivity contribution in [3.8, 4) is 0 Å². The second-order valence-electron chi connectivity index (χ2n) is 13.6. The van der Waals surface area contributed by atoms with E-state index < -0.39 is 22.7 Å². The Morgan fingerprint density at radius 3 is 1.77 bits per heavy atom. The lowest BCUT2D eigenvalue weighted by atomic mass is 9.68. The number of benzene rings is 3. The van der Waals surface area contributed by atoms with Gasteiger partial charge in [0.15, 0.2) is 0 Å². The lowest BCUT2D eigenvalue weighted by molar-refractivity contribution is -0.384. The number of likely N-dealkylation sites (tertiary alicyclic amines) is 1. The number of piperidine rings is 1. The maximum atomic E-state index is 14.3. The average molecular weight is 710 g/mol. The van der Waals surface area contributed by atoms with E-state index in [1.807, 2.05) is 26.0 Å². The summed E-state index contributed by atoms with van der Waals surface area (Å²) in [6.45, 7) is 8.11. The lowest BCUT2D eigenvalue weighted by Gasteiger charge is -2.43. The third kappa shape index (κ3) is 8.28. The summed E-state index contributed by atoms with van der Waals surface area (Å²) in [6.07, 6.45) is 4.74. The van der Waals surface area contributed by atoms with Crippen LogP contribution in [0, 0.1) is 10.1 Å². The molecule has 0 aliphatic carbocycles. The summed E-state index contributed by atoms with van der Waals surface area (Å²) in [7, 11) is 0. The summed E-state index contributed by atoms with van der Waals surface area (Å²) >= 11 is 0. The summed E-state index contributed by atoms with van der Waals surface area (Å²) in [5.74, 6) is -2.28. The second-order valence-corrected chi connectivity index (χ2v) is 13.6. The van der Waals surface area contributed by atoms with Crippen molar-refractivity contribution in [1.29, 1.82) is 0 Å². The minimum atomic E-state index is -0.966. The first-order valence-electron chi connectivity index (χ1n) is 18.5. The Bertz CT molecular complexity index is 1710. The molecule has 2 aliphatic rings. The van der Waals surface area contributed by atoms with Crippen LogP contribution in [-0.4, -0.2) is 74.9 Å². The van der Waals surface area contributed by atoms with Crippen molar-refractivity contribution < 1.29 is 24.9 Å². The number of allylic oxidation sites excluding steroid dienone is 2. The van der Waals surface area contributed by atoms with E-state index in [1.165, 1.54) is 23.3 Å². The fourth-order valence-corrected chi connectivity index (χ4v) is 7.71. The normalized spacial score (nSPS) is 17.4. The molecule has 0 saturated carbocycles. The molecule has 0 bridgehead atoms. The molecule has 0 aromatic heterocycles. The van der Waals surface area contributed by atoms with Crippen LogP contribution in [-0.2, 0) is 15.0 Å². The summed E-state index contributed by atoms with van der Waals surface area (Å²) in [5.41, 5.74) is 4.44. The molecule has 1 saturated heterocycles. The van der Waals surface area contributed by atoms with Crippen molar-refractivity contribution in [3.63, 3.8) is 0 Å². The van der Waals surface area contributed by atoms with Gasteiger partial charge in [-0.05, 0) is 75.4 Å². The molecule has 276 valence electrons. The number of carbonyl (C=O) groups excluding carboxylic acids is 2. The maximum Gasteiger partial charge on any atom is 0.275 e. The van der Waals surface area contributed by atoms with Crippen LogP contribution in [0.25, 0.3) is 0 Å². The highest BCUT2D eigenvalue weighted by molar-refractivity contribution is 6.03. The molecule has 2 aliphatic heterocycles. The molecule has 0 radical (unpaired) electrons. The largest absolute Gasteiger partial charge is 0.361 e. The number of hydrogen-bond donors (Lipinski definition) is 3. The Morgan fingerprint density at radius 1 is 0.808 bits per heavy atom. The van der Waals surface area contributed by atoms with Gasteiger partial charge in [0.2, 0.25) is 0 Å². The molecular formula is C41H51N5O6. The zero-order valence-corrected chi connectivity index (χ0v) is 30.5. The van der Waals surface area contributed by atoms with Crippen LogP contribution in [0.4, 0.5) is 5.69 Å².